The number of alkyl halides is 3. The number of nitrogens with one attached hydrogen (secondary N) is 1. The molecule has 0 aliphatic carbocycles. The van der Waals surface area contributed by atoms with Gasteiger partial charge in [-0.15, -0.1) is 0 Å². The van der Waals surface area contributed by atoms with Crippen LogP contribution in [-0.2, 0) is 11.0 Å². The quantitative estimate of drug-likeness (QED) is 0.874. The Bertz CT molecular complexity index is 471. The standard InChI is InChI=1S/C11H11F3N2O3/c1-6(10(18)19)4-16-9(17)7-2-3-8(15-5-7)11(12,13)14/h2-3,5-6H,4H2,1H3,(H,16,17)(H,18,19). The molecular weight excluding hydrogens is 265 g/mol. The molecule has 8 heteroatoms. The zero-order valence-electron chi connectivity index (χ0n) is 9.86. The number of carboxylic acids is 1. The van der Waals surface area contributed by atoms with Crippen LogP contribution in [0.4, 0.5) is 13.2 Å². The summed E-state index contributed by atoms with van der Waals surface area (Å²) in [7, 11) is 0. The molecule has 0 saturated carbocycles. The summed E-state index contributed by atoms with van der Waals surface area (Å²) >= 11 is 0. The van der Waals surface area contributed by atoms with Crippen molar-refractivity contribution in [3.8, 4) is 0 Å². The van der Waals surface area contributed by atoms with Gasteiger partial charge >= 0.3 is 12.1 Å². The average Bonchev–Trinajstić information content (AvgIpc) is 2.34. The van der Waals surface area contributed by atoms with Crippen LogP contribution in [0.5, 0.6) is 0 Å². The molecule has 1 rings (SSSR count). The molecule has 0 radical (unpaired) electrons. The smallest absolute Gasteiger partial charge is 0.433 e. The Morgan fingerprint density at radius 3 is 2.47 bits per heavy atom. The van der Waals surface area contributed by atoms with E-state index in [0.29, 0.717) is 6.07 Å². The second-order valence-corrected chi connectivity index (χ2v) is 3.88. The molecule has 1 heterocycles. The summed E-state index contributed by atoms with van der Waals surface area (Å²) in [5.74, 6) is -2.54. The Labute approximate surface area is 106 Å². The third-order valence-electron chi connectivity index (χ3n) is 2.31. The summed E-state index contributed by atoms with van der Waals surface area (Å²) in [6.45, 7) is 1.28. The second-order valence-electron chi connectivity index (χ2n) is 3.88. The van der Waals surface area contributed by atoms with Gasteiger partial charge in [-0.2, -0.15) is 13.2 Å². The SMILES string of the molecule is CC(CNC(=O)c1ccc(C(F)(F)F)nc1)C(=O)O. The summed E-state index contributed by atoms with van der Waals surface area (Å²) in [6, 6.07) is 1.67. The highest BCUT2D eigenvalue weighted by atomic mass is 19.4. The van der Waals surface area contributed by atoms with Gasteiger partial charge in [0.25, 0.3) is 5.91 Å². The van der Waals surface area contributed by atoms with Gasteiger partial charge in [-0.3, -0.25) is 14.6 Å². The maximum Gasteiger partial charge on any atom is 0.433 e. The van der Waals surface area contributed by atoms with E-state index >= 15 is 0 Å². The van der Waals surface area contributed by atoms with Gasteiger partial charge in [-0.05, 0) is 12.1 Å². The van der Waals surface area contributed by atoms with Crippen LogP contribution in [0.1, 0.15) is 23.0 Å². The van der Waals surface area contributed by atoms with Crippen molar-refractivity contribution in [2.24, 2.45) is 5.92 Å². The number of carbonyl (C=O) groups excluding carboxylic acids is 1. The van der Waals surface area contributed by atoms with E-state index in [1.807, 2.05) is 0 Å². The highest BCUT2D eigenvalue weighted by Gasteiger charge is 2.32. The Morgan fingerprint density at radius 2 is 2.05 bits per heavy atom. The summed E-state index contributed by atoms with van der Waals surface area (Å²) in [4.78, 5) is 25.2. The van der Waals surface area contributed by atoms with E-state index in [1.165, 1.54) is 6.92 Å². The summed E-state index contributed by atoms with van der Waals surface area (Å²) in [5.41, 5.74) is -1.16. The first-order valence-corrected chi connectivity index (χ1v) is 5.26. The molecule has 0 aliphatic heterocycles. The molecule has 0 bridgehead atoms. The molecule has 0 saturated heterocycles. The van der Waals surface area contributed by atoms with Crippen molar-refractivity contribution in [2.45, 2.75) is 13.1 Å². The van der Waals surface area contributed by atoms with Crippen molar-refractivity contribution in [3.63, 3.8) is 0 Å². The topological polar surface area (TPSA) is 79.3 Å². The lowest BCUT2D eigenvalue weighted by molar-refractivity contribution is -0.141. The van der Waals surface area contributed by atoms with E-state index in [1.54, 1.807) is 0 Å². The molecule has 104 valence electrons. The van der Waals surface area contributed by atoms with E-state index in [4.69, 9.17) is 5.11 Å². The molecule has 0 fully saturated rings. The highest BCUT2D eigenvalue weighted by molar-refractivity contribution is 5.94. The molecule has 1 unspecified atom stereocenters. The number of aromatic nitrogens is 1. The van der Waals surface area contributed by atoms with Gasteiger partial charge in [0, 0.05) is 12.7 Å². The zero-order chi connectivity index (χ0) is 14.6. The van der Waals surface area contributed by atoms with Crippen LogP contribution in [-0.4, -0.2) is 28.5 Å². The molecule has 0 spiro atoms. The number of amides is 1. The van der Waals surface area contributed by atoms with Gasteiger partial charge in [-0.25, -0.2) is 0 Å². The Kier molecular flexibility index (Phi) is 4.47. The molecule has 1 amide bonds. The number of hydrogen-bond donors (Lipinski definition) is 2. The molecule has 5 nitrogen and oxygen atoms in total. The van der Waals surface area contributed by atoms with Crippen LogP contribution >= 0.6 is 0 Å². The minimum atomic E-state index is -4.56. The van der Waals surface area contributed by atoms with Gasteiger partial charge in [0.1, 0.15) is 5.69 Å². The average molecular weight is 276 g/mol. The monoisotopic (exact) mass is 276 g/mol. The van der Waals surface area contributed by atoms with Gasteiger partial charge in [0.2, 0.25) is 0 Å². The largest absolute Gasteiger partial charge is 0.481 e. The third-order valence-corrected chi connectivity index (χ3v) is 2.31. The van der Waals surface area contributed by atoms with Gasteiger partial charge in [0.05, 0.1) is 11.5 Å². The van der Waals surface area contributed by atoms with Crippen molar-refractivity contribution in [3.05, 3.63) is 29.6 Å². The Balaban J connectivity index is 2.66. The maximum absolute atomic E-state index is 12.2. The number of pyridine rings is 1. The molecule has 1 aromatic heterocycles. The van der Waals surface area contributed by atoms with Crippen LogP contribution in [0.2, 0.25) is 0 Å². The predicted octanol–water partition coefficient (Wildman–Crippen LogP) is 1.55. The number of carboxylic acid groups (broad SMARTS) is 1. The lowest BCUT2D eigenvalue weighted by atomic mass is 10.2. The molecule has 19 heavy (non-hydrogen) atoms. The van der Waals surface area contributed by atoms with Gasteiger partial charge in [0.15, 0.2) is 0 Å². The molecular formula is C11H11F3N2O3. The summed E-state index contributed by atoms with van der Waals surface area (Å²) < 4.78 is 36.7. The highest BCUT2D eigenvalue weighted by Crippen LogP contribution is 2.27. The number of hydrogen-bond acceptors (Lipinski definition) is 3. The van der Waals surface area contributed by atoms with Crippen molar-refractivity contribution in [1.82, 2.24) is 10.3 Å². The lowest BCUT2D eigenvalue weighted by Gasteiger charge is -2.09. The summed E-state index contributed by atoms with van der Waals surface area (Å²) in [5, 5.41) is 10.9. The predicted molar refractivity (Wildman–Crippen MR) is 58.4 cm³/mol. The number of nitrogens with zero attached hydrogens (tertiary/aromatic N) is 1. The van der Waals surface area contributed by atoms with Crippen molar-refractivity contribution in [2.75, 3.05) is 6.54 Å². The fourth-order valence-corrected chi connectivity index (χ4v) is 1.13. The van der Waals surface area contributed by atoms with Crippen molar-refractivity contribution in [1.29, 1.82) is 0 Å². The molecule has 0 aliphatic rings. The van der Waals surface area contributed by atoms with E-state index in [0.717, 1.165) is 12.3 Å². The van der Waals surface area contributed by atoms with E-state index in [-0.39, 0.29) is 12.1 Å². The van der Waals surface area contributed by atoms with Crippen molar-refractivity contribution >= 4 is 11.9 Å². The normalized spacial score (nSPS) is 12.8. The fourth-order valence-electron chi connectivity index (χ4n) is 1.13. The Morgan fingerprint density at radius 1 is 1.42 bits per heavy atom. The third kappa shape index (κ3) is 4.23. The van der Waals surface area contributed by atoms with Crippen LogP contribution < -0.4 is 5.32 Å². The first kappa shape index (κ1) is 14.9. The fraction of sp³-hybridized carbons (Fsp3) is 0.364. The number of carbonyl (C=O) groups is 2. The van der Waals surface area contributed by atoms with Crippen LogP contribution in [0, 0.1) is 5.92 Å². The molecule has 0 aromatic carbocycles. The van der Waals surface area contributed by atoms with Crippen LogP contribution in [0.25, 0.3) is 0 Å². The summed E-state index contributed by atoms with van der Waals surface area (Å²) in [6.07, 6.45) is -3.77. The zero-order valence-corrected chi connectivity index (χ0v) is 9.86. The molecule has 1 aromatic rings. The number of halogens is 3. The lowest BCUT2D eigenvalue weighted by Crippen LogP contribution is -2.31. The van der Waals surface area contributed by atoms with E-state index in [9.17, 15) is 22.8 Å². The van der Waals surface area contributed by atoms with Crippen LogP contribution in [0.3, 0.4) is 0 Å². The minimum Gasteiger partial charge on any atom is -0.481 e. The first-order valence-electron chi connectivity index (χ1n) is 5.26. The number of aliphatic carboxylic acids is 1. The number of rotatable bonds is 4. The van der Waals surface area contributed by atoms with Gasteiger partial charge < -0.3 is 10.4 Å². The first-order chi connectivity index (χ1) is 8.71. The molecule has 1 atom stereocenters. The van der Waals surface area contributed by atoms with Crippen molar-refractivity contribution < 1.29 is 27.9 Å². The maximum atomic E-state index is 12.2. The van der Waals surface area contributed by atoms with E-state index in [2.05, 4.69) is 10.3 Å². The van der Waals surface area contributed by atoms with Crippen LogP contribution in [0.15, 0.2) is 18.3 Å². The molecule has 2 N–H and O–H groups in total. The van der Waals surface area contributed by atoms with Gasteiger partial charge in [-0.1, -0.05) is 6.92 Å². The second kappa shape index (κ2) is 5.68. The minimum absolute atomic E-state index is 0.0643. The van der Waals surface area contributed by atoms with E-state index < -0.39 is 29.7 Å². The Hall–Kier alpha value is -2.12.